The van der Waals surface area contributed by atoms with Crippen LogP contribution in [0.4, 0.5) is 10.2 Å². The van der Waals surface area contributed by atoms with Crippen LogP contribution >= 0.6 is 0 Å². The second-order valence-corrected chi connectivity index (χ2v) is 6.51. The lowest BCUT2D eigenvalue weighted by molar-refractivity contribution is -0.126. The molecule has 27 heavy (non-hydrogen) atoms. The van der Waals surface area contributed by atoms with Gasteiger partial charge in [-0.3, -0.25) is 24.6 Å². The van der Waals surface area contributed by atoms with Crippen molar-refractivity contribution in [2.75, 3.05) is 18.0 Å². The normalized spacial score (nSPS) is 16.9. The molecule has 0 saturated carbocycles. The Balaban J connectivity index is 1.42. The van der Waals surface area contributed by atoms with Crippen molar-refractivity contribution in [1.82, 2.24) is 20.5 Å². The van der Waals surface area contributed by atoms with Crippen LogP contribution in [0, 0.1) is 11.7 Å². The number of pyridine rings is 1. The maximum Gasteiger partial charge on any atom is 0.229 e. The molecule has 8 heteroatoms. The Bertz CT molecular complexity index is 988. The van der Waals surface area contributed by atoms with Crippen LogP contribution in [0.15, 0.2) is 42.7 Å². The van der Waals surface area contributed by atoms with Gasteiger partial charge in [-0.05, 0) is 36.2 Å². The first-order valence-corrected chi connectivity index (χ1v) is 8.73. The minimum absolute atomic E-state index is 0.0872. The van der Waals surface area contributed by atoms with Crippen LogP contribution in [0.1, 0.15) is 12.0 Å². The van der Waals surface area contributed by atoms with Crippen LogP contribution < -0.4 is 10.2 Å². The van der Waals surface area contributed by atoms with Gasteiger partial charge in [0.1, 0.15) is 5.82 Å². The van der Waals surface area contributed by atoms with Gasteiger partial charge in [0.05, 0.1) is 16.8 Å². The van der Waals surface area contributed by atoms with E-state index in [1.807, 2.05) is 12.1 Å². The summed E-state index contributed by atoms with van der Waals surface area (Å²) in [6.45, 7) is 0.668. The summed E-state index contributed by atoms with van der Waals surface area (Å²) in [7, 11) is 0. The van der Waals surface area contributed by atoms with Crippen molar-refractivity contribution < 1.29 is 14.0 Å². The number of carbonyl (C=O) groups is 2. The predicted molar refractivity (Wildman–Crippen MR) is 97.5 cm³/mol. The predicted octanol–water partition coefficient (Wildman–Crippen LogP) is 1.81. The summed E-state index contributed by atoms with van der Waals surface area (Å²) in [4.78, 5) is 30.2. The van der Waals surface area contributed by atoms with Gasteiger partial charge < -0.3 is 5.32 Å². The van der Waals surface area contributed by atoms with Crippen molar-refractivity contribution in [3.8, 4) is 0 Å². The van der Waals surface area contributed by atoms with Crippen LogP contribution in [-0.2, 0) is 16.0 Å². The van der Waals surface area contributed by atoms with Crippen molar-refractivity contribution >= 4 is 28.5 Å². The second kappa shape index (κ2) is 7.14. The van der Waals surface area contributed by atoms with Crippen molar-refractivity contribution in [3.63, 3.8) is 0 Å². The van der Waals surface area contributed by atoms with Gasteiger partial charge in [-0.15, -0.1) is 0 Å². The number of hydrogen-bond donors (Lipinski definition) is 2. The summed E-state index contributed by atoms with van der Waals surface area (Å²) >= 11 is 0. The van der Waals surface area contributed by atoms with Crippen LogP contribution in [-0.4, -0.2) is 40.1 Å². The Labute approximate surface area is 154 Å². The molecule has 1 atom stereocenters. The average molecular weight is 367 g/mol. The Kier molecular flexibility index (Phi) is 4.53. The fourth-order valence-electron chi connectivity index (χ4n) is 3.32. The first kappa shape index (κ1) is 17.1. The number of carbonyl (C=O) groups excluding carboxylic acids is 2. The second-order valence-electron chi connectivity index (χ2n) is 6.51. The highest BCUT2D eigenvalue weighted by atomic mass is 19.1. The highest BCUT2D eigenvalue weighted by Gasteiger charge is 2.37. The number of aromatic amines is 1. The number of amides is 2. The van der Waals surface area contributed by atoms with Crippen LogP contribution in [0.5, 0.6) is 0 Å². The smallest absolute Gasteiger partial charge is 0.229 e. The molecule has 0 spiro atoms. The zero-order valence-corrected chi connectivity index (χ0v) is 14.5. The van der Waals surface area contributed by atoms with Crippen molar-refractivity contribution in [2.24, 2.45) is 5.92 Å². The number of nitrogens with one attached hydrogen (secondary N) is 2. The molecule has 1 fully saturated rings. The van der Waals surface area contributed by atoms with E-state index in [2.05, 4.69) is 20.5 Å². The number of aromatic nitrogens is 3. The molecule has 1 saturated heterocycles. The van der Waals surface area contributed by atoms with E-state index in [1.54, 1.807) is 24.5 Å². The van der Waals surface area contributed by atoms with Gasteiger partial charge in [0.15, 0.2) is 5.82 Å². The van der Waals surface area contributed by atoms with Gasteiger partial charge in [-0.25, -0.2) is 4.39 Å². The number of benzene rings is 1. The van der Waals surface area contributed by atoms with E-state index in [-0.39, 0.29) is 36.0 Å². The molecule has 0 unspecified atom stereocenters. The molecule has 0 aliphatic carbocycles. The SMILES string of the molecule is O=C(NCCc1ccncc1)[C@H]1CC(=O)N(c2n[nH]c3cccc(F)c23)C1. The maximum atomic E-state index is 14.2. The Hall–Kier alpha value is -3.29. The van der Waals surface area contributed by atoms with Gasteiger partial charge in [0.25, 0.3) is 0 Å². The lowest BCUT2D eigenvalue weighted by atomic mass is 10.1. The quantitative estimate of drug-likeness (QED) is 0.720. The first-order chi connectivity index (χ1) is 13.1. The summed E-state index contributed by atoms with van der Waals surface area (Å²) in [5, 5.41) is 9.96. The van der Waals surface area contributed by atoms with Crippen LogP contribution in [0.3, 0.4) is 0 Å². The zero-order chi connectivity index (χ0) is 18.8. The van der Waals surface area contributed by atoms with Crippen molar-refractivity contribution in [3.05, 3.63) is 54.1 Å². The third-order valence-electron chi connectivity index (χ3n) is 4.73. The van der Waals surface area contributed by atoms with Crippen LogP contribution in [0.25, 0.3) is 10.9 Å². The molecule has 4 rings (SSSR count). The molecule has 7 nitrogen and oxygen atoms in total. The summed E-state index contributed by atoms with van der Waals surface area (Å²) in [5.74, 6) is -1.11. The number of fused-ring (bicyclic) bond motifs is 1. The van der Waals surface area contributed by atoms with Crippen LogP contribution in [0.2, 0.25) is 0 Å². The van der Waals surface area contributed by atoms with E-state index in [4.69, 9.17) is 0 Å². The number of anilines is 1. The van der Waals surface area contributed by atoms with E-state index < -0.39 is 11.7 Å². The molecule has 2 amide bonds. The molecule has 2 aromatic heterocycles. The van der Waals surface area contributed by atoms with Crippen molar-refractivity contribution in [2.45, 2.75) is 12.8 Å². The highest BCUT2D eigenvalue weighted by molar-refractivity contribution is 6.05. The monoisotopic (exact) mass is 367 g/mol. The van der Waals surface area contributed by atoms with E-state index in [1.165, 1.54) is 11.0 Å². The number of rotatable bonds is 5. The van der Waals surface area contributed by atoms with Gasteiger partial charge in [-0.1, -0.05) is 6.07 Å². The molecule has 3 aromatic rings. The molecule has 1 aromatic carbocycles. The Morgan fingerprint density at radius 1 is 1.30 bits per heavy atom. The third-order valence-corrected chi connectivity index (χ3v) is 4.73. The summed E-state index contributed by atoms with van der Waals surface area (Å²) < 4.78 is 14.2. The molecular weight excluding hydrogens is 349 g/mol. The molecule has 3 heterocycles. The molecule has 0 radical (unpaired) electrons. The number of hydrogen-bond acceptors (Lipinski definition) is 4. The largest absolute Gasteiger partial charge is 0.355 e. The lowest BCUT2D eigenvalue weighted by Crippen LogP contribution is -2.34. The lowest BCUT2D eigenvalue weighted by Gasteiger charge is -2.14. The number of nitrogens with zero attached hydrogens (tertiary/aromatic N) is 3. The minimum atomic E-state index is -0.478. The third kappa shape index (κ3) is 3.38. The fourth-order valence-corrected chi connectivity index (χ4v) is 3.32. The topological polar surface area (TPSA) is 91.0 Å². The average Bonchev–Trinajstić information content (AvgIpc) is 3.27. The van der Waals surface area contributed by atoms with Gasteiger partial charge in [-0.2, -0.15) is 5.10 Å². The molecule has 2 N–H and O–H groups in total. The first-order valence-electron chi connectivity index (χ1n) is 8.73. The summed E-state index contributed by atoms with van der Waals surface area (Å²) in [6.07, 6.45) is 4.19. The Morgan fingerprint density at radius 2 is 2.11 bits per heavy atom. The van der Waals surface area contributed by atoms with E-state index >= 15 is 0 Å². The number of H-pyrrole nitrogens is 1. The highest BCUT2D eigenvalue weighted by Crippen LogP contribution is 2.31. The fraction of sp³-hybridized carbons (Fsp3) is 0.263. The molecule has 0 bridgehead atoms. The Morgan fingerprint density at radius 3 is 2.93 bits per heavy atom. The molecular formula is C19H18FN5O2. The minimum Gasteiger partial charge on any atom is -0.355 e. The van der Waals surface area contributed by atoms with Gasteiger partial charge in [0.2, 0.25) is 11.8 Å². The standard InChI is InChI=1S/C19H18FN5O2/c20-14-2-1-3-15-17(14)18(24-23-15)25-11-13(10-16(25)26)19(27)22-9-6-12-4-7-21-8-5-12/h1-5,7-8,13H,6,9-11H2,(H,22,27)(H,23,24)/t13-/m0/s1. The van der Waals surface area contributed by atoms with Crippen molar-refractivity contribution in [1.29, 1.82) is 0 Å². The molecule has 138 valence electrons. The summed E-state index contributed by atoms with van der Waals surface area (Å²) in [6, 6.07) is 8.38. The van der Waals surface area contributed by atoms with Gasteiger partial charge >= 0.3 is 0 Å². The zero-order valence-electron chi connectivity index (χ0n) is 14.5. The molecule has 1 aliphatic heterocycles. The number of halogens is 1. The maximum absolute atomic E-state index is 14.2. The van der Waals surface area contributed by atoms with Gasteiger partial charge in [0, 0.05) is 31.9 Å². The van der Waals surface area contributed by atoms with E-state index in [0.29, 0.717) is 18.5 Å². The summed E-state index contributed by atoms with van der Waals surface area (Å²) in [5.41, 5.74) is 1.59. The molecule has 1 aliphatic rings. The van der Waals surface area contributed by atoms with E-state index in [0.717, 1.165) is 5.56 Å². The van der Waals surface area contributed by atoms with E-state index in [9.17, 15) is 14.0 Å².